The molecule has 0 aromatic heterocycles. The van der Waals surface area contributed by atoms with Crippen molar-refractivity contribution in [2.75, 3.05) is 26.7 Å². The average Bonchev–Trinajstić information content (AvgIpc) is 2.90. The molecule has 204 valence electrons. The van der Waals surface area contributed by atoms with Crippen molar-refractivity contribution in [1.29, 1.82) is 0 Å². The summed E-state index contributed by atoms with van der Waals surface area (Å²) >= 11 is 0. The molecule has 2 saturated heterocycles. The molecule has 10 heteroatoms. The highest BCUT2D eigenvalue weighted by molar-refractivity contribution is 5.83. The number of halogens is 2. The van der Waals surface area contributed by atoms with Crippen molar-refractivity contribution >= 4 is 11.9 Å². The summed E-state index contributed by atoms with van der Waals surface area (Å²) in [5.41, 5.74) is 2.20. The van der Waals surface area contributed by atoms with Gasteiger partial charge >= 0.3 is 6.03 Å². The van der Waals surface area contributed by atoms with Crippen LogP contribution in [0.3, 0.4) is 0 Å². The predicted molar refractivity (Wildman–Crippen MR) is 141 cm³/mol. The zero-order valence-corrected chi connectivity index (χ0v) is 21.6. The lowest BCUT2D eigenvalue weighted by Crippen LogP contribution is -2.74. The van der Waals surface area contributed by atoms with Crippen molar-refractivity contribution in [3.63, 3.8) is 0 Å². The third-order valence-electron chi connectivity index (χ3n) is 7.22. The predicted octanol–water partition coefficient (Wildman–Crippen LogP) is 3.32. The average molecular weight is 536 g/mol. The Labute approximate surface area is 226 Å². The summed E-state index contributed by atoms with van der Waals surface area (Å²) in [6.45, 7) is 1.28. The normalized spacial score (nSPS) is 20.1. The van der Waals surface area contributed by atoms with Crippen molar-refractivity contribution in [1.82, 2.24) is 25.1 Å². The number of hydrogen-bond acceptors (Lipinski definition) is 5. The maximum Gasteiger partial charge on any atom is 0.334 e. The molecule has 2 aliphatic heterocycles. The molecule has 0 bridgehead atoms. The molecular formula is C29H31F2N5O3. The van der Waals surface area contributed by atoms with Gasteiger partial charge in [0.1, 0.15) is 23.5 Å². The molecule has 0 saturated carbocycles. The summed E-state index contributed by atoms with van der Waals surface area (Å²) in [6, 6.07) is 19.2. The first-order valence-corrected chi connectivity index (χ1v) is 12.9. The molecule has 8 nitrogen and oxygen atoms in total. The van der Waals surface area contributed by atoms with E-state index in [1.807, 2.05) is 35.2 Å². The van der Waals surface area contributed by atoms with Gasteiger partial charge in [-0.1, -0.05) is 48.5 Å². The van der Waals surface area contributed by atoms with Crippen LogP contribution < -0.4 is 5.32 Å². The maximum atomic E-state index is 14.6. The van der Waals surface area contributed by atoms with Gasteiger partial charge in [0.25, 0.3) is 0 Å². The summed E-state index contributed by atoms with van der Waals surface area (Å²) in [4.78, 5) is 30.6. The first-order valence-electron chi connectivity index (χ1n) is 12.9. The second-order valence-electron chi connectivity index (χ2n) is 10.0. The molecule has 2 N–H and O–H groups in total. The molecule has 2 heterocycles. The number of rotatable bonds is 6. The highest BCUT2D eigenvalue weighted by Crippen LogP contribution is 2.28. The molecule has 3 amide bonds. The van der Waals surface area contributed by atoms with Gasteiger partial charge in [0, 0.05) is 44.9 Å². The van der Waals surface area contributed by atoms with Gasteiger partial charge in [-0.2, -0.15) is 0 Å². The standard InChI is InChI=1S/C29H31F2N5O3/c1-33-19-28(38)35-24(13-20-7-11-25(37)12-8-20)17-34(16-22-9-10-23(30)14-26(22)31)18-27(35)36(33)29(39)32-15-21-5-3-2-4-6-21/h2-12,14,24,27,37H,13,15-19H2,1H3,(H,32,39)/t24-,27-/m0/s1. The number of benzene rings is 3. The number of urea groups is 1. The van der Waals surface area contributed by atoms with E-state index in [1.54, 1.807) is 46.2 Å². The minimum Gasteiger partial charge on any atom is -0.508 e. The van der Waals surface area contributed by atoms with E-state index < -0.39 is 17.8 Å². The second kappa shape index (κ2) is 11.4. The molecule has 0 unspecified atom stereocenters. The fraction of sp³-hybridized carbons (Fsp3) is 0.310. The van der Waals surface area contributed by atoms with Gasteiger partial charge < -0.3 is 15.3 Å². The first-order chi connectivity index (χ1) is 18.8. The largest absolute Gasteiger partial charge is 0.508 e. The van der Waals surface area contributed by atoms with E-state index in [4.69, 9.17) is 0 Å². The van der Waals surface area contributed by atoms with Crippen LogP contribution in [0.4, 0.5) is 13.6 Å². The molecule has 0 spiro atoms. The number of phenols is 1. The Balaban J connectivity index is 1.43. The summed E-state index contributed by atoms with van der Waals surface area (Å²) in [5, 5.41) is 15.8. The van der Waals surface area contributed by atoms with Crippen molar-refractivity contribution in [2.45, 2.75) is 31.7 Å². The summed E-state index contributed by atoms with van der Waals surface area (Å²) in [5.74, 6) is -1.24. The summed E-state index contributed by atoms with van der Waals surface area (Å²) < 4.78 is 28.1. The Morgan fingerprint density at radius 3 is 2.46 bits per heavy atom. The van der Waals surface area contributed by atoms with Crippen LogP contribution in [-0.4, -0.2) is 75.8 Å². The number of nitrogens with one attached hydrogen (secondary N) is 1. The van der Waals surface area contributed by atoms with Crippen LogP contribution in [0.5, 0.6) is 5.75 Å². The number of likely N-dealkylation sites (N-methyl/N-ethyl adjacent to an activating group) is 1. The monoisotopic (exact) mass is 535 g/mol. The second-order valence-corrected chi connectivity index (χ2v) is 10.0. The molecule has 2 aliphatic rings. The van der Waals surface area contributed by atoms with Gasteiger partial charge in [0.15, 0.2) is 0 Å². The van der Waals surface area contributed by atoms with E-state index in [9.17, 15) is 23.5 Å². The number of amides is 3. The van der Waals surface area contributed by atoms with Gasteiger partial charge in [-0.3, -0.25) is 9.69 Å². The Bertz CT molecular complexity index is 1320. The number of nitrogens with zero attached hydrogens (tertiary/aromatic N) is 4. The van der Waals surface area contributed by atoms with Crippen LogP contribution in [0.25, 0.3) is 0 Å². The number of aromatic hydroxyl groups is 1. The van der Waals surface area contributed by atoms with E-state index in [2.05, 4.69) is 5.32 Å². The minimum atomic E-state index is -0.646. The Morgan fingerprint density at radius 2 is 1.74 bits per heavy atom. The van der Waals surface area contributed by atoms with Gasteiger partial charge in [-0.25, -0.2) is 23.6 Å². The van der Waals surface area contributed by atoms with E-state index in [0.717, 1.165) is 17.2 Å². The van der Waals surface area contributed by atoms with E-state index in [-0.39, 0.29) is 43.4 Å². The van der Waals surface area contributed by atoms with Crippen LogP contribution in [0, 0.1) is 11.6 Å². The smallest absolute Gasteiger partial charge is 0.334 e. The van der Waals surface area contributed by atoms with Gasteiger partial charge in [-0.05, 0) is 35.7 Å². The molecule has 3 aromatic rings. The third kappa shape index (κ3) is 6.02. The quantitative estimate of drug-likeness (QED) is 0.507. The summed E-state index contributed by atoms with van der Waals surface area (Å²) in [6.07, 6.45) is -0.153. The van der Waals surface area contributed by atoms with Crippen molar-refractivity contribution in [3.8, 4) is 5.75 Å². The molecule has 3 aromatic carbocycles. The molecular weight excluding hydrogens is 504 g/mol. The molecule has 0 radical (unpaired) electrons. The highest BCUT2D eigenvalue weighted by Gasteiger charge is 2.47. The lowest BCUT2D eigenvalue weighted by Gasteiger charge is -2.55. The van der Waals surface area contributed by atoms with Crippen LogP contribution in [0.2, 0.25) is 0 Å². The van der Waals surface area contributed by atoms with Crippen LogP contribution >= 0.6 is 0 Å². The van der Waals surface area contributed by atoms with Gasteiger partial charge in [0.05, 0.1) is 12.6 Å². The number of phenolic OH excluding ortho intramolecular Hbond substituents is 1. The van der Waals surface area contributed by atoms with E-state index in [1.165, 1.54) is 12.1 Å². The molecule has 5 rings (SSSR count). The maximum absolute atomic E-state index is 14.6. The lowest BCUT2D eigenvalue weighted by atomic mass is 9.99. The number of hydrazine groups is 1. The van der Waals surface area contributed by atoms with E-state index >= 15 is 0 Å². The Morgan fingerprint density at radius 1 is 1.00 bits per heavy atom. The van der Waals surface area contributed by atoms with Crippen LogP contribution in [-0.2, 0) is 24.3 Å². The highest BCUT2D eigenvalue weighted by atomic mass is 19.1. The Hall–Kier alpha value is -4.02. The zero-order valence-electron chi connectivity index (χ0n) is 21.6. The molecule has 39 heavy (non-hydrogen) atoms. The lowest BCUT2D eigenvalue weighted by molar-refractivity contribution is -0.180. The molecule has 0 aliphatic carbocycles. The van der Waals surface area contributed by atoms with Crippen LogP contribution in [0.15, 0.2) is 72.8 Å². The SMILES string of the molecule is CN1CC(=O)N2[C@@H](Cc3ccc(O)cc3)CN(Cc3ccc(F)cc3F)C[C@@H]2N1C(=O)NCc1ccccc1. The third-order valence-corrected chi connectivity index (χ3v) is 7.22. The molecule has 2 atom stereocenters. The first kappa shape index (κ1) is 26.6. The topological polar surface area (TPSA) is 79.4 Å². The van der Waals surface area contributed by atoms with Gasteiger partial charge in [0.2, 0.25) is 5.91 Å². The fourth-order valence-corrected chi connectivity index (χ4v) is 5.40. The number of carbonyl (C=O) groups excluding carboxylic acids is 2. The molecule has 2 fully saturated rings. The number of carbonyl (C=O) groups is 2. The van der Waals surface area contributed by atoms with Gasteiger partial charge in [-0.15, -0.1) is 0 Å². The zero-order chi connectivity index (χ0) is 27.5. The van der Waals surface area contributed by atoms with E-state index in [0.29, 0.717) is 25.1 Å². The Kier molecular flexibility index (Phi) is 7.76. The number of piperazine rings is 1. The van der Waals surface area contributed by atoms with Crippen molar-refractivity contribution in [3.05, 3.63) is 101 Å². The fourth-order valence-electron chi connectivity index (χ4n) is 5.40. The minimum absolute atomic E-state index is 0.0356. The summed E-state index contributed by atoms with van der Waals surface area (Å²) in [7, 11) is 1.70. The van der Waals surface area contributed by atoms with Crippen LogP contribution in [0.1, 0.15) is 16.7 Å². The van der Waals surface area contributed by atoms with Crippen molar-refractivity contribution in [2.24, 2.45) is 0 Å². The number of hydrogen-bond donors (Lipinski definition) is 2. The number of fused-ring (bicyclic) bond motifs is 1. The van der Waals surface area contributed by atoms with Crippen molar-refractivity contribution < 1.29 is 23.5 Å².